The van der Waals surface area contributed by atoms with Crippen LogP contribution in [0, 0.1) is 5.92 Å². The smallest absolute Gasteiger partial charge is 0.326 e. The first-order valence-electron chi connectivity index (χ1n) is 9.38. The Labute approximate surface area is 159 Å². The van der Waals surface area contributed by atoms with Gasteiger partial charge in [0.1, 0.15) is 6.04 Å². The van der Waals surface area contributed by atoms with Gasteiger partial charge in [-0.05, 0) is 63.3 Å². The molecule has 1 aliphatic heterocycles. The minimum atomic E-state index is -3.63. The molecule has 2 N–H and O–H groups in total. The average molecular weight is 394 g/mol. The second-order valence-electron chi connectivity index (χ2n) is 7.71. The molecule has 1 aliphatic carbocycles. The Morgan fingerprint density at radius 2 is 1.78 bits per heavy atom. The highest BCUT2D eigenvalue weighted by Gasteiger charge is 2.47. The third-order valence-corrected chi connectivity index (χ3v) is 7.08. The van der Waals surface area contributed by atoms with Crippen LogP contribution in [-0.2, 0) is 14.8 Å². The fourth-order valence-electron chi connectivity index (χ4n) is 4.28. The van der Waals surface area contributed by atoms with Gasteiger partial charge in [0.05, 0.1) is 4.90 Å². The molecular formula is C19H26N2O5S. The van der Waals surface area contributed by atoms with E-state index in [0.29, 0.717) is 12.0 Å². The van der Waals surface area contributed by atoms with Crippen LogP contribution in [0.15, 0.2) is 29.2 Å². The molecule has 3 unspecified atom stereocenters. The van der Waals surface area contributed by atoms with Crippen LogP contribution in [0.2, 0.25) is 0 Å². The van der Waals surface area contributed by atoms with Gasteiger partial charge in [0.25, 0.3) is 5.91 Å². The summed E-state index contributed by atoms with van der Waals surface area (Å²) in [6.45, 7) is 3.46. The summed E-state index contributed by atoms with van der Waals surface area (Å²) in [4.78, 5) is 26.3. The van der Waals surface area contributed by atoms with E-state index in [1.807, 2.05) is 0 Å². The van der Waals surface area contributed by atoms with Crippen LogP contribution in [0.25, 0.3) is 0 Å². The number of hydrogen-bond acceptors (Lipinski definition) is 4. The molecule has 2 fully saturated rings. The van der Waals surface area contributed by atoms with E-state index < -0.39 is 22.0 Å². The number of sulfonamides is 1. The van der Waals surface area contributed by atoms with E-state index in [2.05, 4.69) is 4.72 Å². The molecule has 0 bridgehead atoms. The number of carboxylic acids is 1. The lowest BCUT2D eigenvalue weighted by atomic mass is 9.84. The van der Waals surface area contributed by atoms with E-state index in [1.165, 1.54) is 29.2 Å². The first-order chi connectivity index (χ1) is 12.7. The van der Waals surface area contributed by atoms with Crippen LogP contribution in [0.5, 0.6) is 0 Å². The fraction of sp³-hybridized carbons (Fsp3) is 0.579. The highest BCUT2D eigenvalue weighted by molar-refractivity contribution is 7.89. The van der Waals surface area contributed by atoms with Crippen molar-refractivity contribution in [3.63, 3.8) is 0 Å². The Bertz CT molecular complexity index is 819. The average Bonchev–Trinajstić information content (AvgIpc) is 3.00. The molecule has 1 heterocycles. The maximum Gasteiger partial charge on any atom is 0.326 e. The van der Waals surface area contributed by atoms with Crippen molar-refractivity contribution in [3.8, 4) is 0 Å². The van der Waals surface area contributed by atoms with E-state index >= 15 is 0 Å². The molecule has 1 saturated carbocycles. The van der Waals surface area contributed by atoms with E-state index in [4.69, 9.17) is 0 Å². The number of aliphatic carboxylic acids is 1. The zero-order chi connectivity index (χ0) is 19.8. The number of rotatable bonds is 5. The van der Waals surface area contributed by atoms with Crippen LogP contribution in [0.4, 0.5) is 0 Å². The highest BCUT2D eigenvalue weighted by atomic mass is 32.2. The number of nitrogens with zero attached hydrogens (tertiary/aromatic N) is 1. The summed E-state index contributed by atoms with van der Waals surface area (Å²) in [5.41, 5.74) is 0.316. The maximum absolute atomic E-state index is 13.1. The van der Waals surface area contributed by atoms with Gasteiger partial charge in [-0.1, -0.05) is 12.8 Å². The second kappa shape index (κ2) is 7.59. The van der Waals surface area contributed by atoms with Crippen LogP contribution in [0.3, 0.4) is 0 Å². The molecule has 2 aliphatic rings. The lowest BCUT2D eigenvalue weighted by molar-refractivity contribution is -0.141. The van der Waals surface area contributed by atoms with Crippen molar-refractivity contribution in [2.24, 2.45) is 5.92 Å². The molecule has 27 heavy (non-hydrogen) atoms. The number of nitrogens with one attached hydrogen (secondary N) is 1. The van der Waals surface area contributed by atoms with Gasteiger partial charge in [0.15, 0.2) is 0 Å². The summed E-state index contributed by atoms with van der Waals surface area (Å²) in [6, 6.07) is 4.62. The zero-order valence-electron chi connectivity index (χ0n) is 15.6. The topological polar surface area (TPSA) is 104 Å². The van der Waals surface area contributed by atoms with Crippen molar-refractivity contribution >= 4 is 21.9 Å². The highest BCUT2D eigenvalue weighted by Crippen LogP contribution is 2.40. The Morgan fingerprint density at radius 1 is 1.15 bits per heavy atom. The Hall–Kier alpha value is -1.93. The van der Waals surface area contributed by atoms with Crippen LogP contribution < -0.4 is 4.72 Å². The van der Waals surface area contributed by atoms with Gasteiger partial charge in [0.2, 0.25) is 10.0 Å². The van der Waals surface area contributed by atoms with Gasteiger partial charge in [-0.3, -0.25) is 4.79 Å². The number of carbonyl (C=O) groups is 2. The maximum atomic E-state index is 13.1. The number of likely N-dealkylation sites (tertiary alicyclic amines) is 1. The van der Waals surface area contributed by atoms with E-state index in [1.54, 1.807) is 13.8 Å². The van der Waals surface area contributed by atoms with Crippen LogP contribution in [0.1, 0.15) is 56.3 Å². The van der Waals surface area contributed by atoms with Crippen LogP contribution in [-0.4, -0.2) is 48.4 Å². The number of carbonyl (C=O) groups excluding carboxylic acids is 1. The molecule has 0 aromatic heterocycles. The second-order valence-corrected chi connectivity index (χ2v) is 9.43. The first kappa shape index (κ1) is 19.8. The monoisotopic (exact) mass is 394 g/mol. The van der Waals surface area contributed by atoms with Gasteiger partial charge in [0, 0.05) is 17.6 Å². The molecule has 148 valence electrons. The van der Waals surface area contributed by atoms with E-state index in [0.717, 1.165) is 25.7 Å². The van der Waals surface area contributed by atoms with Crippen molar-refractivity contribution in [3.05, 3.63) is 29.8 Å². The number of fused-ring (bicyclic) bond motifs is 1. The SMILES string of the molecule is CC(C)NS(=O)(=O)c1ccc(C(=O)N2C(C(=O)O)CC3CCCCC32)cc1. The first-order valence-corrected chi connectivity index (χ1v) is 10.9. The van der Waals surface area contributed by atoms with Crippen molar-refractivity contribution in [2.45, 2.75) is 69.0 Å². The van der Waals surface area contributed by atoms with E-state index in [-0.39, 0.29) is 28.8 Å². The largest absolute Gasteiger partial charge is 0.480 e. The lowest BCUT2D eigenvalue weighted by Crippen LogP contribution is -2.46. The molecule has 0 spiro atoms. The Kier molecular flexibility index (Phi) is 5.58. The minimum absolute atomic E-state index is 0.0432. The van der Waals surface area contributed by atoms with Gasteiger partial charge >= 0.3 is 5.97 Å². The third-order valence-electron chi connectivity index (χ3n) is 5.41. The molecular weight excluding hydrogens is 368 g/mol. The van der Waals surface area contributed by atoms with Crippen LogP contribution >= 0.6 is 0 Å². The lowest BCUT2D eigenvalue weighted by Gasteiger charge is -2.33. The molecule has 1 saturated heterocycles. The van der Waals surface area contributed by atoms with Crippen molar-refractivity contribution < 1.29 is 23.1 Å². The fourth-order valence-corrected chi connectivity index (χ4v) is 5.53. The van der Waals surface area contributed by atoms with Crippen molar-refractivity contribution in [2.75, 3.05) is 0 Å². The number of amides is 1. The molecule has 7 nitrogen and oxygen atoms in total. The van der Waals surface area contributed by atoms with Gasteiger partial charge in [-0.15, -0.1) is 0 Å². The van der Waals surface area contributed by atoms with Gasteiger partial charge in [-0.2, -0.15) is 0 Å². The normalized spacial score (nSPS) is 25.4. The number of hydrogen-bond donors (Lipinski definition) is 2. The van der Waals surface area contributed by atoms with Gasteiger partial charge in [-0.25, -0.2) is 17.9 Å². The third kappa shape index (κ3) is 4.01. The quantitative estimate of drug-likeness (QED) is 0.797. The summed E-state index contributed by atoms with van der Waals surface area (Å²) in [5, 5.41) is 9.58. The predicted molar refractivity (Wildman–Crippen MR) is 99.9 cm³/mol. The Balaban J connectivity index is 1.85. The predicted octanol–water partition coefficient (Wildman–Crippen LogP) is 2.23. The Morgan fingerprint density at radius 3 is 2.37 bits per heavy atom. The standard InChI is InChI=1S/C19H26N2O5S/c1-12(2)20-27(25,26)15-9-7-13(8-10-15)18(22)21-16-6-4-3-5-14(16)11-17(21)19(23)24/h7-10,12,14,16-17,20H,3-6,11H2,1-2H3,(H,23,24). The summed E-state index contributed by atoms with van der Waals surface area (Å²) < 4.78 is 26.9. The van der Waals surface area contributed by atoms with E-state index in [9.17, 15) is 23.1 Å². The molecule has 3 atom stereocenters. The summed E-state index contributed by atoms with van der Waals surface area (Å²) in [7, 11) is -3.63. The summed E-state index contributed by atoms with van der Waals surface area (Å²) in [5.74, 6) is -1.07. The number of carboxylic acid groups (broad SMARTS) is 1. The van der Waals surface area contributed by atoms with Crippen molar-refractivity contribution in [1.82, 2.24) is 9.62 Å². The zero-order valence-corrected chi connectivity index (χ0v) is 16.4. The molecule has 1 aromatic carbocycles. The van der Waals surface area contributed by atoms with Gasteiger partial charge < -0.3 is 10.0 Å². The number of benzene rings is 1. The molecule has 1 amide bonds. The van der Waals surface area contributed by atoms with Crippen molar-refractivity contribution in [1.29, 1.82) is 0 Å². The minimum Gasteiger partial charge on any atom is -0.480 e. The molecule has 0 radical (unpaired) electrons. The summed E-state index contributed by atoms with van der Waals surface area (Å²) in [6.07, 6.45) is 4.35. The molecule has 1 aromatic rings. The molecule has 8 heteroatoms. The molecule has 3 rings (SSSR count). The summed E-state index contributed by atoms with van der Waals surface area (Å²) >= 11 is 0.